The van der Waals surface area contributed by atoms with Crippen LogP contribution >= 0.6 is 11.8 Å². The summed E-state index contributed by atoms with van der Waals surface area (Å²) in [5.74, 6) is -1.15. The maximum atomic E-state index is 14.3. The van der Waals surface area contributed by atoms with Gasteiger partial charge in [0.1, 0.15) is 5.82 Å². The fourth-order valence-electron chi connectivity index (χ4n) is 2.64. The smallest absolute Gasteiger partial charge is 0.277 e. The Bertz CT molecular complexity index is 858. The number of rotatable bonds is 3. The number of amidine groups is 1. The van der Waals surface area contributed by atoms with Crippen LogP contribution in [-0.2, 0) is 5.54 Å². The number of aliphatic imine (C=N–C) groups is 1. The van der Waals surface area contributed by atoms with Gasteiger partial charge in [-0.1, -0.05) is 11.8 Å². The molecule has 0 saturated heterocycles. The molecule has 0 spiro atoms. The van der Waals surface area contributed by atoms with Crippen molar-refractivity contribution in [2.75, 3.05) is 11.1 Å². The zero-order valence-electron chi connectivity index (χ0n) is 13.4. The lowest BCUT2D eigenvalue weighted by Gasteiger charge is -2.30. The summed E-state index contributed by atoms with van der Waals surface area (Å²) in [4.78, 5) is 20.3. The van der Waals surface area contributed by atoms with Gasteiger partial charge in [0.15, 0.2) is 16.7 Å². The van der Waals surface area contributed by atoms with Crippen molar-refractivity contribution < 1.29 is 13.6 Å². The van der Waals surface area contributed by atoms with Crippen LogP contribution in [0.4, 0.5) is 14.5 Å². The minimum atomic E-state index is -0.809. The van der Waals surface area contributed by atoms with Gasteiger partial charge in [0.2, 0.25) is 0 Å². The molecule has 0 radical (unpaired) electrons. The number of halogens is 2. The summed E-state index contributed by atoms with van der Waals surface area (Å²) in [7, 11) is 0. The van der Waals surface area contributed by atoms with E-state index in [1.807, 2.05) is 0 Å². The Morgan fingerprint density at radius 1 is 1.32 bits per heavy atom. The molecule has 0 bridgehead atoms. The highest BCUT2D eigenvalue weighted by atomic mass is 32.2. The monoisotopic (exact) mass is 362 g/mol. The Balaban J connectivity index is 1.91. The maximum Gasteiger partial charge on any atom is 0.277 e. The van der Waals surface area contributed by atoms with Crippen LogP contribution in [0.3, 0.4) is 0 Å². The lowest BCUT2D eigenvalue weighted by molar-refractivity contribution is 0.101. The SMILES string of the molecule is C[C@@]1(c2cc(NC(=O)c3ncccc3F)ccc2F)CCSC(N)=N1. The lowest BCUT2D eigenvalue weighted by Crippen LogP contribution is -2.30. The second-order valence-corrected chi connectivity index (χ2v) is 6.92. The van der Waals surface area contributed by atoms with Crippen molar-refractivity contribution in [3.8, 4) is 0 Å². The van der Waals surface area contributed by atoms with Crippen LogP contribution < -0.4 is 11.1 Å². The molecule has 8 heteroatoms. The number of amides is 1. The first-order chi connectivity index (χ1) is 11.9. The molecule has 1 amide bonds. The zero-order valence-corrected chi connectivity index (χ0v) is 14.2. The first kappa shape index (κ1) is 17.3. The molecule has 0 unspecified atom stereocenters. The number of carbonyl (C=O) groups excluding carboxylic acids is 1. The topological polar surface area (TPSA) is 80.4 Å². The van der Waals surface area contributed by atoms with Gasteiger partial charge in [-0.15, -0.1) is 0 Å². The number of carbonyl (C=O) groups is 1. The Morgan fingerprint density at radius 2 is 2.12 bits per heavy atom. The van der Waals surface area contributed by atoms with Gasteiger partial charge in [-0.2, -0.15) is 0 Å². The zero-order chi connectivity index (χ0) is 18.0. The van der Waals surface area contributed by atoms with Crippen LogP contribution in [0.25, 0.3) is 0 Å². The molecule has 2 heterocycles. The van der Waals surface area contributed by atoms with Gasteiger partial charge in [-0.25, -0.2) is 13.8 Å². The van der Waals surface area contributed by atoms with E-state index in [1.165, 1.54) is 42.2 Å². The summed E-state index contributed by atoms with van der Waals surface area (Å²) in [6, 6.07) is 6.70. The van der Waals surface area contributed by atoms with E-state index in [4.69, 9.17) is 5.73 Å². The van der Waals surface area contributed by atoms with Gasteiger partial charge >= 0.3 is 0 Å². The van der Waals surface area contributed by atoms with E-state index in [0.717, 1.165) is 11.8 Å². The van der Waals surface area contributed by atoms with E-state index in [-0.39, 0.29) is 5.69 Å². The standard InChI is InChI=1S/C17H16F2N4OS/c1-17(6-8-25-16(20)23-17)11-9-10(4-5-12(11)18)22-15(24)14-13(19)3-2-7-21-14/h2-5,7,9H,6,8H2,1H3,(H2,20,23)(H,22,24)/t17-/m0/s1. The fourth-order valence-corrected chi connectivity index (χ4v) is 3.61. The second-order valence-electron chi connectivity index (χ2n) is 5.80. The van der Waals surface area contributed by atoms with Gasteiger partial charge in [0, 0.05) is 23.2 Å². The molecule has 25 heavy (non-hydrogen) atoms. The van der Waals surface area contributed by atoms with Crippen molar-refractivity contribution in [2.24, 2.45) is 10.7 Å². The number of hydrogen-bond acceptors (Lipinski definition) is 5. The van der Waals surface area contributed by atoms with Gasteiger partial charge in [0.25, 0.3) is 5.91 Å². The Hall–Kier alpha value is -2.48. The molecule has 130 valence electrons. The maximum absolute atomic E-state index is 14.3. The highest BCUT2D eigenvalue weighted by molar-refractivity contribution is 8.13. The van der Waals surface area contributed by atoms with Crippen molar-refractivity contribution in [2.45, 2.75) is 18.9 Å². The molecule has 0 saturated carbocycles. The lowest BCUT2D eigenvalue weighted by atomic mass is 9.89. The molecule has 1 aromatic carbocycles. The van der Waals surface area contributed by atoms with Gasteiger partial charge in [-0.05, 0) is 43.7 Å². The second kappa shape index (κ2) is 6.79. The largest absolute Gasteiger partial charge is 0.379 e. The molecule has 5 nitrogen and oxygen atoms in total. The van der Waals surface area contributed by atoms with E-state index in [1.54, 1.807) is 6.92 Å². The van der Waals surface area contributed by atoms with Gasteiger partial charge in [-0.3, -0.25) is 9.79 Å². The number of anilines is 1. The van der Waals surface area contributed by atoms with E-state index in [0.29, 0.717) is 22.8 Å². The first-order valence-corrected chi connectivity index (χ1v) is 8.58. The van der Waals surface area contributed by atoms with E-state index < -0.39 is 23.1 Å². The summed E-state index contributed by atoms with van der Waals surface area (Å²) in [5.41, 5.74) is 5.31. The number of nitrogens with two attached hydrogens (primary N) is 1. The van der Waals surface area contributed by atoms with Gasteiger partial charge < -0.3 is 11.1 Å². The molecule has 2 aromatic rings. The van der Waals surface area contributed by atoms with Crippen molar-refractivity contribution in [1.29, 1.82) is 0 Å². The summed E-state index contributed by atoms with van der Waals surface area (Å²) in [6.07, 6.45) is 1.94. The molecule has 1 aliphatic rings. The number of nitrogens with one attached hydrogen (secondary N) is 1. The third-order valence-electron chi connectivity index (χ3n) is 3.97. The van der Waals surface area contributed by atoms with Crippen molar-refractivity contribution >= 4 is 28.5 Å². The predicted octanol–water partition coefficient (Wildman–Crippen LogP) is 3.28. The quantitative estimate of drug-likeness (QED) is 0.878. The van der Waals surface area contributed by atoms with Crippen LogP contribution in [0.5, 0.6) is 0 Å². The average Bonchev–Trinajstić information content (AvgIpc) is 2.56. The summed E-state index contributed by atoms with van der Waals surface area (Å²) < 4.78 is 28.0. The first-order valence-electron chi connectivity index (χ1n) is 7.59. The van der Waals surface area contributed by atoms with Crippen LogP contribution in [0.15, 0.2) is 41.5 Å². The minimum Gasteiger partial charge on any atom is -0.379 e. The van der Waals surface area contributed by atoms with E-state index in [9.17, 15) is 13.6 Å². The Labute approximate surface area is 147 Å². The number of nitrogens with zero attached hydrogens (tertiary/aromatic N) is 2. The van der Waals surface area contributed by atoms with Gasteiger partial charge in [0.05, 0.1) is 5.54 Å². The highest BCUT2D eigenvalue weighted by Gasteiger charge is 2.32. The number of pyridine rings is 1. The molecule has 0 fully saturated rings. The molecule has 1 aromatic heterocycles. The third kappa shape index (κ3) is 3.63. The van der Waals surface area contributed by atoms with Crippen molar-refractivity contribution in [3.05, 3.63) is 59.4 Å². The number of hydrogen-bond donors (Lipinski definition) is 2. The number of benzene rings is 1. The predicted molar refractivity (Wildman–Crippen MR) is 94.6 cm³/mol. The molecule has 3 rings (SSSR count). The number of thioether (sulfide) groups is 1. The molecule has 1 atom stereocenters. The summed E-state index contributed by atoms with van der Waals surface area (Å²) in [6.45, 7) is 1.79. The normalized spacial score (nSPS) is 20.0. The van der Waals surface area contributed by atoms with Crippen LogP contribution in [-0.4, -0.2) is 21.8 Å². The molecule has 3 N–H and O–H groups in total. The van der Waals surface area contributed by atoms with E-state index >= 15 is 0 Å². The van der Waals surface area contributed by atoms with Crippen LogP contribution in [0, 0.1) is 11.6 Å². The Morgan fingerprint density at radius 3 is 2.84 bits per heavy atom. The number of aromatic nitrogens is 1. The molecular formula is C17H16F2N4OS. The van der Waals surface area contributed by atoms with Crippen LogP contribution in [0.2, 0.25) is 0 Å². The summed E-state index contributed by atoms with van der Waals surface area (Å²) in [5, 5.41) is 2.94. The van der Waals surface area contributed by atoms with Crippen molar-refractivity contribution in [3.63, 3.8) is 0 Å². The minimum absolute atomic E-state index is 0.323. The Kier molecular flexibility index (Phi) is 4.71. The third-order valence-corrected chi connectivity index (χ3v) is 4.77. The average molecular weight is 362 g/mol. The highest BCUT2D eigenvalue weighted by Crippen LogP contribution is 2.37. The van der Waals surface area contributed by atoms with Crippen molar-refractivity contribution in [1.82, 2.24) is 4.98 Å². The fraction of sp³-hybridized carbons (Fsp3) is 0.235. The summed E-state index contributed by atoms with van der Waals surface area (Å²) >= 11 is 1.42. The molecular weight excluding hydrogens is 346 g/mol. The van der Waals surface area contributed by atoms with E-state index in [2.05, 4.69) is 15.3 Å². The van der Waals surface area contributed by atoms with Crippen LogP contribution in [0.1, 0.15) is 29.4 Å². The molecule has 1 aliphatic heterocycles. The molecule has 0 aliphatic carbocycles.